The second-order valence-electron chi connectivity index (χ2n) is 8.43. The molecule has 40 heavy (non-hydrogen) atoms. The van der Waals surface area contributed by atoms with Crippen LogP contribution < -0.4 is 37.9 Å². The van der Waals surface area contributed by atoms with Crippen LogP contribution in [0.2, 0.25) is 0 Å². The van der Waals surface area contributed by atoms with Crippen molar-refractivity contribution in [2.75, 3.05) is 49.1 Å². The van der Waals surface area contributed by atoms with Gasteiger partial charge in [0, 0.05) is 17.2 Å². The fourth-order valence-electron chi connectivity index (χ4n) is 4.56. The number of allylic oxidation sites excluding steroid dienone is 1. The maximum absolute atomic E-state index is 13.3. The van der Waals surface area contributed by atoms with Gasteiger partial charge in [-0.25, -0.2) is 4.79 Å². The molecule has 2 aliphatic heterocycles. The third-order valence-corrected chi connectivity index (χ3v) is 6.43. The van der Waals surface area contributed by atoms with Gasteiger partial charge in [-0.05, 0) is 35.9 Å². The molecule has 208 valence electrons. The summed E-state index contributed by atoms with van der Waals surface area (Å²) in [6.07, 6.45) is 2.96. The maximum atomic E-state index is 13.3. The summed E-state index contributed by atoms with van der Waals surface area (Å²) in [5.74, 6) is 1.75. The lowest BCUT2D eigenvalue weighted by atomic mass is 9.91. The van der Waals surface area contributed by atoms with E-state index in [1.807, 2.05) is 0 Å². The first-order valence-electron chi connectivity index (χ1n) is 12.0. The van der Waals surface area contributed by atoms with Crippen LogP contribution in [0.15, 0.2) is 36.4 Å². The Kier molecular flexibility index (Phi) is 7.28. The fraction of sp³-hybridized carbons (Fsp3) is 0.241. The number of ether oxygens (including phenoxy) is 9. The van der Waals surface area contributed by atoms with E-state index in [9.17, 15) is 9.59 Å². The highest BCUT2D eigenvalue weighted by Crippen LogP contribution is 2.56. The predicted molar refractivity (Wildman–Crippen MR) is 141 cm³/mol. The van der Waals surface area contributed by atoms with E-state index >= 15 is 0 Å². The van der Waals surface area contributed by atoms with Gasteiger partial charge in [0.05, 0.1) is 46.7 Å². The zero-order valence-electron chi connectivity index (χ0n) is 22.4. The molecule has 2 aliphatic rings. The van der Waals surface area contributed by atoms with Crippen molar-refractivity contribution >= 4 is 17.8 Å². The molecule has 11 heteroatoms. The van der Waals surface area contributed by atoms with Crippen molar-refractivity contribution in [3.05, 3.63) is 53.1 Å². The highest BCUT2D eigenvalue weighted by molar-refractivity contribution is 6.10. The van der Waals surface area contributed by atoms with Crippen LogP contribution in [-0.4, -0.2) is 60.9 Å². The number of hydrogen-bond donors (Lipinski definition) is 0. The van der Waals surface area contributed by atoms with Crippen LogP contribution in [0.3, 0.4) is 0 Å². The van der Waals surface area contributed by atoms with E-state index < -0.39 is 5.97 Å². The normalized spacial score (nSPS) is 12.8. The smallest absolute Gasteiger partial charge is 0.338 e. The van der Waals surface area contributed by atoms with Crippen molar-refractivity contribution in [3.63, 3.8) is 0 Å². The van der Waals surface area contributed by atoms with Crippen LogP contribution in [0.5, 0.6) is 46.0 Å². The molecule has 3 aromatic carbocycles. The van der Waals surface area contributed by atoms with E-state index in [1.165, 1.54) is 47.7 Å². The van der Waals surface area contributed by atoms with Gasteiger partial charge in [-0.3, -0.25) is 4.79 Å². The highest BCUT2D eigenvalue weighted by Gasteiger charge is 2.35. The first kappa shape index (κ1) is 26.5. The van der Waals surface area contributed by atoms with Crippen molar-refractivity contribution in [3.8, 4) is 57.1 Å². The largest absolute Gasteiger partial charge is 0.497 e. The number of benzene rings is 3. The summed E-state index contributed by atoms with van der Waals surface area (Å²) in [5, 5.41) is 0. The van der Waals surface area contributed by atoms with E-state index in [-0.39, 0.29) is 36.4 Å². The van der Waals surface area contributed by atoms with Crippen molar-refractivity contribution < 1.29 is 52.2 Å². The molecule has 11 nitrogen and oxygen atoms in total. The highest BCUT2D eigenvalue weighted by atomic mass is 16.7. The minimum absolute atomic E-state index is 0.0862. The van der Waals surface area contributed by atoms with Gasteiger partial charge in [-0.2, -0.15) is 0 Å². The molecule has 0 amide bonds. The first-order chi connectivity index (χ1) is 19.4. The van der Waals surface area contributed by atoms with Gasteiger partial charge in [0.2, 0.25) is 25.1 Å². The van der Waals surface area contributed by atoms with Gasteiger partial charge in [0.1, 0.15) is 11.5 Å². The minimum atomic E-state index is -0.649. The number of carbonyl (C=O) groups is 2. The lowest BCUT2D eigenvalue weighted by molar-refractivity contribution is 0.0600. The molecule has 0 N–H and O–H groups in total. The summed E-state index contributed by atoms with van der Waals surface area (Å²) in [6.45, 7) is -0.183. The van der Waals surface area contributed by atoms with Gasteiger partial charge >= 0.3 is 5.97 Å². The fourth-order valence-corrected chi connectivity index (χ4v) is 4.56. The number of ketones is 1. The van der Waals surface area contributed by atoms with E-state index in [1.54, 1.807) is 30.3 Å². The maximum Gasteiger partial charge on any atom is 0.338 e. The van der Waals surface area contributed by atoms with Gasteiger partial charge in [-0.15, -0.1) is 0 Å². The third-order valence-electron chi connectivity index (χ3n) is 6.43. The summed E-state index contributed by atoms with van der Waals surface area (Å²) in [4.78, 5) is 26.3. The Hall–Kier alpha value is -5.06. The van der Waals surface area contributed by atoms with Gasteiger partial charge in [-0.1, -0.05) is 6.08 Å². The lowest BCUT2D eigenvalue weighted by Crippen LogP contribution is -2.07. The second kappa shape index (κ2) is 11.0. The Labute approximate surface area is 229 Å². The number of hydrogen-bond acceptors (Lipinski definition) is 11. The summed E-state index contributed by atoms with van der Waals surface area (Å²) in [7, 11) is 7.20. The average molecular weight is 551 g/mol. The lowest BCUT2D eigenvalue weighted by Gasteiger charge is -2.18. The summed E-state index contributed by atoms with van der Waals surface area (Å²) < 4.78 is 49.7. The number of carbonyl (C=O) groups excluding carboxylic acids is 2. The Morgan fingerprint density at radius 3 is 1.88 bits per heavy atom. The molecule has 0 unspecified atom stereocenters. The molecule has 0 spiro atoms. The Balaban J connectivity index is 1.73. The van der Waals surface area contributed by atoms with Gasteiger partial charge < -0.3 is 42.6 Å². The molecule has 0 aromatic heterocycles. The van der Waals surface area contributed by atoms with Crippen LogP contribution in [0.25, 0.3) is 17.2 Å². The predicted octanol–water partition coefficient (Wildman–Crippen LogP) is 4.53. The molecule has 0 saturated carbocycles. The van der Waals surface area contributed by atoms with Crippen molar-refractivity contribution in [1.82, 2.24) is 0 Å². The van der Waals surface area contributed by atoms with E-state index in [2.05, 4.69) is 0 Å². The summed E-state index contributed by atoms with van der Waals surface area (Å²) in [6, 6.07) is 8.08. The molecule has 2 heterocycles. The topological polar surface area (TPSA) is 117 Å². The Morgan fingerprint density at radius 2 is 1.27 bits per heavy atom. The van der Waals surface area contributed by atoms with Crippen molar-refractivity contribution in [1.29, 1.82) is 0 Å². The van der Waals surface area contributed by atoms with Crippen molar-refractivity contribution in [2.45, 2.75) is 0 Å². The molecule has 0 fully saturated rings. The van der Waals surface area contributed by atoms with Crippen LogP contribution >= 0.6 is 0 Å². The summed E-state index contributed by atoms with van der Waals surface area (Å²) in [5.41, 5.74) is 1.65. The van der Waals surface area contributed by atoms with Crippen LogP contribution in [0, 0.1) is 0 Å². The Morgan fingerprint density at radius 1 is 0.675 bits per heavy atom. The molecule has 0 bridgehead atoms. The van der Waals surface area contributed by atoms with Crippen LogP contribution in [0.1, 0.15) is 26.3 Å². The number of methoxy groups -OCH3 is 5. The van der Waals surface area contributed by atoms with Crippen LogP contribution in [-0.2, 0) is 4.74 Å². The molecular formula is C29H26O11. The first-order valence-corrected chi connectivity index (χ1v) is 12.0. The zero-order valence-corrected chi connectivity index (χ0v) is 22.4. The molecule has 0 saturated heterocycles. The zero-order chi connectivity index (χ0) is 28.4. The van der Waals surface area contributed by atoms with Gasteiger partial charge in [0.25, 0.3) is 0 Å². The minimum Gasteiger partial charge on any atom is -0.497 e. The quantitative estimate of drug-likeness (QED) is 0.212. The van der Waals surface area contributed by atoms with E-state index in [0.717, 1.165) is 0 Å². The second-order valence-corrected chi connectivity index (χ2v) is 8.43. The number of rotatable bonds is 9. The molecule has 5 rings (SSSR count). The van der Waals surface area contributed by atoms with E-state index in [4.69, 9.17) is 42.6 Å². The van der Waals surface area contributed by atoms with Crippen molar-refractivity contribution in [2.24, 2.45) is 0 Å². The molecule has 3 aromatic rings. The summed E-state index contributed by atoms with van der Waals surface area (Å²) >= 11 is 0. The molecule has 0 atom stereocenters. The standard InChI is InChI=1S/C29H26O11/c1-32-16-7-8-17(20(11-16)33-2)19(30)9-6-15-10-21(34-3)25-27(39-13-37-25)23(15)24-18(29(31)36-5)12-22(35-4)26-28(24)40-14-38-26/h6-12H,13-14H2,1-5H3/b9-6+. The third kappa shape index (κ3) is 4.45. The SMILES string of the molecule is COC(=O)c1cc(OC)c2c(c1-c1c(/C=C/C(=O)c3ccc(OC)cc3OC)cc(OC)c3c1OCO3)OCO2. The van der Waals surface area contributed by atoms with Crippen LogP contribution in [0.4, 0.5) is 0 Å². The molecule has 0 aliphatic carbocycles. The van der Waals surface area contributed by atoms with Gasteiger partial charge in [0.15, 0.2) is 28.8 Å². The number of fused-ring (bicyclic) bond motifs is 2. The number of esters is 1. The Bertz CT molecular complexity index is 1520. The van der Waals surface area contributed by atoms with E-state index in [0.29, 0.717) is 56.8 Å². The monoisotopic (exact) mass is 550 g/mol. The average Bonchev–Trinajstić information content (AvgIpc) is 3.68. The molecular weight excluding hydrogens is 524 g/mol. The molecule has 0 radical (unpaired) electrons.